The fraction of sp³-hybridized carbons (Fsp3) is 0.944. The zero-order chi connectivity index (χ0) is 22.3. The first-order chi connectivity index (χ1) is 12.1. The molecule has 0 aromatic carbocycles. The lowest BCUT2D eigenvalue weighted by Crippen LogP contribution is -2.70. The molecule has 0 unspecified atom stereocenters. The predicted octanol–water partition coefficient (Wildman–Crippen LogP) is 4.77. The van der Waals surface area contributed by atoms with Gasteiger partial charge < -0.3 is 22.4 Å². The van der Waals surface area contributed by atoms with Crippen LogP contribution in [0.2, 0.25) is 78.6 Å². The quantitative estimate of drug-likeness (QED) is 0.379. The van der Waals surface area contributed by atoms with Gasteiger partial charge in [0, 0.05) is 0 Å². The van der Waals surface area contributed by atoms with Gasteiger partial charge in [0.05, 0.1) is 0 Å². The van der Waals surface area contributed by atoms with Crippen LogP contribution >= 0.6 is 0 Å². The molecule has 4 atom stereocenters. The Morgan fingerprint density at radius 2 is 1.14 bits per heavy atom. The first-order valence-corrected chi connectivity index (χ1v) is 23.7. The van der Waals surface area contributed by atoms with E-state index in [2.05, 4.69) is 78.6 Å². The van der Waals surface area contributed by atoms with E-state index in [-0.39, 0.29) is 0 Å². The third-order valence-electron chi connectivity index (χ3n) is 3.70. The lowest BCUT2D eigenvalue weighted by atomic mass is 9.92. The van der Waals surface area contributed by atoms with E-state index >= 15 is 0 Å². The minimum atomic E-state index is -2.07. The number of rotatable bonds is 8. The van der Waals surface area contributed by atoms with Gasteiger partial charge in [-0.1, -0.05) is 0 Å². The number of carbonyl (C=O) groups excluding carboxylic acids is 1. The molecule has 1 rings (SSSR count). The molecule has 10 heteroatoms. The van der Waals surface area contributed by atoms with Gasteiger partial charge in [0.25, 0.3) is 0 Å². The van der Waals surface area contributed by atoms with Gasteiger partial charge in [-0.2, -0.15) is 0 Å². The van der Waals surface area contributed by atoms with Gasteiger partial charge in [-0.05, 0) is 85.5 Å². The van der Waals surface area contributed by atoms with Crippen LogP contribution in [0.4, 0.5) is 0 Å². The SMILES string of the molecule is C[C@]1(O[Si](C)(C)C)C(=O)O[C@H](O[Si](C)(C)C)[C@H](O[Si](C)(C)C)[C@@H]1O[Si](C)(C)C. The van der Waals surface area contributed by atoms with E-state index in [1.807, 2.05) is 0 Å². The smallest absolute Gasteiger partial charge is 0.342 e. The lowest BCUT2D eigenvalue weighted by molar-refractivity contribution is -0.247. The summed E-state index contributed by atoms with van der Waals surface area (Å²) >= 11 is 0. The molecular weight excluding hydrogens is 425 g/mol. The van der Waals surface area contributed by atoms with E-state index in [9.17, 15) is 4.79 Å². The fourth-order valence-electron chi connectivity index (χ4n) is 3.12. The Kier molecular flexibility index (Phi) is 7.83. The molecule has 0 saturated carbocycles. The normalized spacial score (nSPS) is 30.3. The van der Waals surface area contributed by atoms with Gasteiger partial charge in [-0.25, -0.2) is 4.79 Å². The van der Waals surface area contributed by atoms with Crippen molar-refractivity contribution in [2.45, 2.75) is 110 Å². The van der Waals surface area contributed by atoms with Crippen LogP contribution in [0.5, 0.6) is 0 Å². The Labute approximate surface area is 176 Å². The second-order valence-electron chi connectivity index (χ2n) is 11.7. The number of cyclic esters (lactones) is 1. The van der Waals surface area contributed by atoms with E-state index in [4.69, 9.17) is 22.4 Å². The standard InChI is InChI=1S/C18H42O6Si4/c1-18(24-28(11,12)13)15(22-26(5,6)7)14(21-25(2,3)4)16(20-17(18)19)23-27(8,9)10/h14-16H,1-13H3/t14-,15+,16-,18-/m1/s1. The van der Waals surface area contributed by atoms with E-state index in [1.54, 1.807) is 6.92 Å². The molecule has 1 aliphatic heterocycles. The Hall–Kier alpha value is 0.178. The Balaban J connectivity index is 3.49. The van der Waals surface area contributed by atoms with Gasteiger partial charge >= 0.3 is 5.97 Å². The van der Waals surface area contributed by atoms with Gasteiger partial charge in [0.2, 0.25) is 6.29 Å². The number of hydrogen-bond donors (Lipinski definition) is 0. The highest BCUT2D eigenvalue weighted by atomic mass is 28.4. The van der Waals surface area contributed by atoms with Crippen molar-refractivity contribution in [1.29, 1.82) is 0 Å². The van der Waals surface area contributed by atoms with Crippen LogP contribution in [0.1, 0.15) is 6.92 Å². The van der Waals surface area contributed by atoms with Crippen molar-refractivity contribution in [3.63, 3.8) is 0 Å². The zero-order valence-electron chi connectivity index (χ0n) is 20.2. The van der Waals surface area contributed by atoms with E-state index in [0.29, 0.717) is 0 Å². The molecule has 0 N–H and O–H groups in total. The zero-order valence-corrected chi connectivity index (χ0v) is 24.2. The molecule has 0 spiro atoms. The molecule has 1 aliphatic rings. The summed E-state index contributed by atoms with van der Waals surface area (Å²) in [4.78, 5) is 13.2. The Morgan fingerprint density at radius 1 is 0.714 bits per heavy atom. The molecular formula is C18H42O6Si4. The van der Waals surface area contributed by atoms with Crippen molar-refractivity contribution in [1.82, 2.24) is 0 Å². The van der Waals surface area contributed by atoms with Crippen LogP contribution in [-0.2, 0) is 27.2 Å². The number of esters is 1. The van der Waals surface area contributed by atoms with Gasteiger partial charge in [-0.3, -0.25) is 0 Å². The molecule has 1 fully saturated rings. The summed E-state index contributed by atoms with van der Waals surface area (Å²) in [6, 6.07) is 0. The van der Waals surface area contributed by atoms with Crippen molar-refractivity contribution in [3.8, 4) is 0 Å². The van der Waals surface area contributed by atoms with Gasteiger partial charge in [0.1, 0.15) is 12.2 Å². The summed E-state index contributed by atoms with van der Waals surface area (Å²) in [6.07, 6.45) is -1.85. The highest BCUT2D eigenvalue weighted by Gasteiger charge is 2.60. The van der Waals surface area contributed by atoms with Crippen LogP contribution in [0.15, 0.2) is 0 Å². The molecule has 0 aromatic heterocycles. The van der Waals surface area contributed by atoms with Crippen molar-refractivity contribution in [2.24, 2.45) is 0 Å². The van der Waals surface area contributed by atoms with E-state index in [1.165, 1.54) is 0 Å². The van der Waals surface area contributed by atoms with Crippen LogP contribution in [0, 0.1) is 0 Å². The van der Waals surface area contributed by atoms with Crippen LogP contribution in [0.3, 0.4) is 0 Å². The Morgan fingerprint density at radius 3 is 1.50 bits per heavy atom. The molecule has 0 amide bonds. The van der Waals surface area contributed by atoms with Gasteiger partial charge in [0.15, 0.2) is 38.9 Å². The fourth-order valence-corrected chi connectivity index (χ4v) is 7.65. The molecule has 0 aliphatic carbocycles. The third kappa shape index (κ3) is 8.13. The second-order valence-corrected chi connectivity index (χ2v) is 29.5. The maximum atomic E-state index is 13.2. The summed E-state index contributed by atoms with van der Waals surface area (Å²) in [5.74, 6) is -0.420. The molecule has 28 heavy (non-hydrogen) atoms. The number of carbonyl (C=O) groups is 1. The minimum Gasteiger partial charge on any atom is -0.432 e. The average molecular weight is 467 g/mol. The highest BCUT2D eigenvalue weighted by molar-refractivity contribution is 6.71. The minimum absolute atomic E-state index is 0.420. The predicted molar refractivity (Wildman–Crippen MR) is 124 cm³/mol. The summed E-state index contributed by atoms with van der Waals surface area (Å²) in [5.41, 5.74) is -1.21. The number of ether oxygens (including phenoxy) is 1. The van der Waals surface area contributed by atoms with Crippen molar-refractivity contribution in [3.05, 3.63) is 0 Å². The van der Waals surface area contributed by atoms with E-state index < -0.39 is 63.3 Å². The first-order valence-electron chi connectivity index (χ1n) is 10.1. The summed E-state index contributed by atoms with van der Waals surface area (Å²) in [7, 11) is -8.08. The Bertz CT molecular complexity index is 558. The topological polar surface area (TPSA) is 63.2 Å². The van der Waals surface area contributed by atoms with Gasteiger partial charge in [-0.15, -0.1) is 0 Å². The van der Waals surface area contributed by atoms with Crippen LogP contribution in [0.25, 0.3) is 0 Å². The van der Waals surface area contributed by atoms with Crippen molar-refractivity contribution < 1.29 is 27.2 Å². The third-order valence-corrected chi connectivity index (χ3v) is 7.61. The largest absolute Gasteiger partial charge is 0.432 e. The molecule has 1 heterocycles. The van der Waals surface area contributed by atoms with Crippen LogP contribution < -0.4 is 0 Å². The summed E-state index contributed by atoms with van der Waals surface area (Å²) in [6.45, 7) is 26.9. The number of hydrogen-bond acceptors (Lipinski definition) is 6. The van der Waals surface area contributed by atoms with Crippen molar-refractivity contribution in [2.75, 3.05) is 0 Å². The average Bonchev–Trinajstić information content (AvgIpc) is 2.34. The van der Waals surface area contributed by atoms with Crippen molar-refractivity contribution >= 4 is 39.2 Å². The van der Waals surface area contributed by atoms with Crippen LogP contribution in [-0.4, -0.2) is 63.3 Å². The maximum absolute atomic E-state index is 13.2. The molecule has 0 aromatic rings. The van der Waals surface area contributed by atoms with E-state index in [0.717, 1.165) is 0 Å². The monoisotopic (exact) mass is 466 g/mol. The highest BCUT2D eigenvalue weighted by Crippen LogP contribution is 2.38. The maximum Gasteiger partial charge on any atom is 0.342 e. The summed E-state index contributed by atoms with van der Waals surface area (Å²) < 4.78 is 31.6. The second kappa shape index (κ2) is 8.37. The molecule has 6 nitrogen and oxygen atoms in total. The lowest BCUT2D eigenvalue weighted by Gasteiger charge is -2.52. The molecule has 166 valence electrons. The molecule has 0 bridgehead atoms. The summed E-state index contributed by atoms with van der Waals surface area (Å²) in [5, 5.41) is 0. The first kappa shape index (κ1) is 26.2. The molecule has 1 saturated heterocycles. The molecule has 0 radical (unpaired) electrons.